The van der Waals surface area contributed by atoms with Gasteiger partial charge in [-0.05, 0) is 32.1 Å². The molecule has 1 saturated heterocycles. The summed E-state index contributed by atoms with van der Waals surface area (Å²) in [5, 5.41) is 3.05. The van der Waals surface area contributed by atoms with E-state index in [1.165, 1.54) is 0 Å². The van der Waals surface area contributed by atoms with Gasteiger partial charge in [0, 0.05) is 25.2 Å². The van der Waals surface area contributed by atoms with Crippen LogP contribution in [0.4, 0.5) is 0 Å². The van der Waals surface area contributed by atoms with Crippen LogP contribution in [0.25, 0.3) is 0 Å². The van der Waals surface area contributed by atoms with E-state index < -0.39 is 10.0 Å². The van der Waals surface area contributed by atoms with Crippen LogP contribution in [-0.2, 0) is 14.8 Å². The predicted octanol–water partition coefficient (Wildman–Crippen LogP) is 0.856. The Morgan fingerprint density at radius 2 is 1.86 bits per heavy atom. The van der Waals surface area contributed by atoms with Crippen molar-refractivity contribution in [3.8, 4) is 0 Å². The minimum Gasteiger partial charge on any atom is -0.353 e. The molecule has 1 amide bonds. The second-order valence-corrected chi connectivity index (χ2v) is 8.29. The van der Waals surface area contributed by atoms with E-state index in [0.29, 0.717) is 32.4 Å². The van der Waals surface area contributed by atoms with Gasteiger partial charge in [-0.15, -0.1) is 12.4 Å². The van der Waals surface area contributed by atoms with Gasteiger partial charge in [0.05, 0.1) is 11.7 Å². The Hall–Kier alpha value is -0.370. The maximum atomic E-state index is 12.2. The zero-order valence-electron chi connectivity index (χ0n) is 13.2. The normalized spacial score (nSPS) is 27.4. The molecule has 0 aromatic rings. The van der Waals surface area contributed by atoms with Crippen LogP contribution < -0.4 is 11.1 Å². The lowest BCUT2D eigenvalue weighted by molar-refractivity contribution is -0.126. The van der Waals surface area contributed by atoms with E-state index in [-0.39, 0.29) is 42.1 Å². The Kier molecular flexibility index (Phi) is 7.58. The largest absolute Gasteiger partial charge is 0.353 e. The van der Waals surface area contributed by atoms with Crippen LogP contribution >= 0.6 is 12.4 Å². The highest BCUT2D eigenvalue weighted by molar-refractivity contribution is 7.89. The van der Waals surface area contributed by atoms with Gasteiger partial charge in [0.25, 0.3) is 0 Å². The second-order valence-electron chi connectivity index (χ2n) is 6.20. The molecule has 2 unspecified atom stereocenters. The fraction of sp³-hybridized carbons (Fsp3) is 0.929. The number of hydrogen-bond donors (Lipinski definition) is 2. The molecule has 2 rings (SSSR count). The molecule has 0 aromatic heterocycles. The van der Waals surface area contributed by atoms with Crippen molar-refractivity contribution in [1.82, 2.24) is 9.62 Å². The first-order valence-electron chi connectivity index (χ1n) is 7.98. The van der Waals surface area contributed by atoms with E-state index in [1.54, 1.807) is 4.31 Å². The van der Waals surface area contributed by atoms with Gasteiger partial charge in [-0.2, -0.15) is 0 Å². The molecular weight excluding hydrogens is 326 g/mol. The molecule has 0 aromatic carbocycles. The number of piperidine rings is 1. The summed E-state index contributed by atoms with van der Waals surface area (Å²) in [6.07, 6.45) is 4.83. The van der Waals surface area contributed by atoms with E-state index in [1.807, 2.05) is 6.92 Å². The first-order chi connectivity index (χ1) is 9.94. The van der Waals surface area contributed by atoms with Gasteiger partial charge in [-0.3, -0.25) is 4.79 Å². The standard InChI is InChI=1S/C14H27N3O3S.ClH/c1-2-10-21(19,20)17-8-6-11(7-9-17)16-14(18)12-4-3-5-13(12)15;/h11-13H,2-10,15H2,1H3,(H,16,18);1H. The first kappa shape index (κ1) is 19.7. The SMILES string of the molecule is CCCS(=O)(=O)N1CCC(NC(=O)C2CCCC2N)CC1.Cl. The molecule has 8 heteroatoms. The zero-order chi connectivity index (χ0) is 15.5. The predicted molar refractivity (Wildman–Crippen MR) is 89.4 cm³/mol. The molecule has 3 N–H and O–H groups in total. The number of rotatable bonds is 5. The van der Waals surface area contributed by atoms with Crippen LogP contribution in [0.3, 0.4) is 0 Å². The van der Waals surface area contributed by atoms with Crippen molar-refractivity contribution >= 4 is 28.3 Å². The van der Waals surface area contributed by atoms with Crippen molar-refractivity contribution in [3.05, 3.63) is 0 Å². The average Bonchev–Trinajstić information content (AvgIpc) is 2.85. The van der Waals surface area contributed by atoms with Crippen molar-refractivity contribution in [3.63, 3.8) is 0 Å². The molecule has 2 fully saturated rings. The maximum Gasteiger partial charge on any atom is 0.224 e. The average molecular weight is 354 g/mol. The highest BCUT2D eigenvalue weighted by Crippen LogP contribution is 2.24. The molecule has 1 heterocycles. The van der Waals surface area contributed by atoms with E-state index >= 15 is 0 Å². The number of sulfonamides is 1. The van der Waals surface area contributed by atoms with Crippen molar-refractivity contribution in [2.75, 3.05) is 18.8 Å². The molecule has 2 aliphatic rings. The molecule has 1 aliphatic carbocycles. The number of carbonyl (C=O) groups is 1. The minimum absolute atomic E-state index is 0. The van der Waals surface area contributed by atoms with Crippen LogP contribution in [0.15, 0.2) is 0 Å². The van der Waals surface area contributed by atoms with Gasteiger partial charge in [0.1, 0.15) is 0 Å². The number of halogens is 1. The minimum atomic E-state index is -3.11. The molecular formula is C14H28ClN3O3S. The molecule has 0 bridgehead atoms. The third-order valence-electron chi connectivity index (χ3n) is 4.56. The summed E-state index contributed by atoms with van der Waals surface area (Å²) in [5.41, 5.74) is 5.95. The summed E-state index contributed by atoms with van der Waals surface area (Å²) in [6.45, 7) is 2.88. The van der Waals surface area contributed by atoms with E-state index in [9.17, 15) is 13.2 Å². The Morgan fingerprint density at radius 3 is 2.36 bits per heavy atom. The molecule has 2 atom stereocenters. The molecule has 6 nitrogen and oxygen atoms in total. The summed E-state index contributed by atoms with van der Waals surface area (Å²) in [4.78, 5) is 12.2. The highest BCUT2D eigenvalue weighted by Gasteiger charge is 2.33. The Labute approximate surface area is 139 Å². The molecule has 0 spiro atoms. The van der Waals surface area contributed by atoms with Crippen LogP contribution in [0.1, 0.15) is 45.4 Å². The van der Waals surface area contributed by atoms with E-state index in [4.69, 9.17) is 5.73 Å². The Morgan fingerprint density at radius 1 is 1.23 bits per heavy atom. The van der Waals surface area contributed by atoms with Crippen LogP contribution in [-0.4, -0.2) is 49.6 Å². The number of nitrogens with one attached hydrogen (secondary N) is 1. The second kappa shape index (κ2) is 8.47. The summed E-state index contributed by atoms with van der Waals surface area (Å²) in [6, 6.07) is 0.0633. The third-order valence-corrected chi connectivity index (χ3v) is 6.64. The topological polar surface area (TPSA) is 92.5 Å². The lowest BCUT2D eigenvalue weighted by Gasteiger charge is -2.32. The summed E-state index contributed by atoms with van der Waals surface area (Å²) in [5.74, 6) is 0.197. The molecule has 130 valence electrons. The Bertz CT molecular complexity index is 464. The molecule has 1 aliphatic heterocycles. The van der Waals surface area contributed by atoms with E-state index in [2.05, 4.69) is 5.32 Å². The fourth-order valence-electron chi connectivity index (χ4n) is 3.29. The van der Waals surface area contributed by atoms with Gasteiger partial charge in [-0.25, -0.2) is 12.7 Å². The van der Waals surface area contributed by atoms with Crippen molar-refractivity contribution < 1.29 is 13.2 Å². The maximum absolute atomic E-state index is 12.2. The van der Waals surface area contributed by atoms with Gasteiger partial charge in [-0.1, -0.05) is 13.3 Å². The molecule has 0 radical (unpaired) electrons. The van der Waals surface area contributed by atoms with Crippen molar-refractivity contribution in [2.45, 2.75) is 57.5 Å². The number of hydrogen-bond acceptors (Lipinski definition) is 4. The quantitative estimate of drug-likeness (QED) is 0.766. The van der Waals surface area contributed by atoms with Gasteiger partial charge in [0.2, 0.25) is 15.9 Å². The third kappa shape index (κ3) is 4.81. The van der Waals surface area contributed by atoms with Crippen LogP contribution in [0.5, 0.6) is 0 Å². The number of carbonyl (C=O) groups excluding carboxylic acids is 1. The molecule has 22 heavy (non-hydrogen) atoms. The van der Waals surface area contributed by atoms with Crippen molar-refractivity contribution in [1.29, 1.82) is 0 Å². The van der Waals surface area contributed by atoms with Gasteiger partial charge in [0.15, 0.2) is 0 Å². The number of nitrogens with two attached hydrogens (primary N) is 1. The highest BCUT2D eigenvalue weighted by atomic mass is 35.5. The van der Waals surface area contributed by atoms with E-state index in [0.717, 1.165) is 19.3 Å². The summed E-state index contributed by atoms with van der Waals surface area (Å²) < 4.78 is 25.5. The molecule has 1 saturated carbocycles. The van der Waals surface area contributed by atoms with Crippen LogP contribution in [0, 0.1) is 5.92 Å². The number of amides is 1. The lowest BCUT2D eigenvalue weighted by atomic mass is 10.0. The van der Waals surface area contributed by atoms with Crippen molar-refractivity contribution in [2.24, 2.45) is 11.7 Å². The number of nitrogens with zero attached hydrogens (tertiary/aromatic N) is 1. The smallest absolute Gasteiger partial charge is 0.224 e. The zero-order valence-corrected chi connectivity index (χ0v) is 14.8. The summed E-state index contributed by atoms with van der Waals surface area (Å²) in [7, 11) is -3.11. The Balaban J connectivity index is 0.00000242. The first-order valence-corrected chi connectivity index (χ1v) is 9.58. The fourth-order valence-corrected chi connectivity index (χ4v) is 4.83. The lowest BCUT2D eigenvalue weighted by Crippen LogP contribution is -2.49. The van der Waals surface area contributed by atoms with Gasteiger partial charge >= 0.3 is 0 Å². The van der Waals surface area contributed by atoms with Crippen LogP contribution in [0.2, 0.25) is 0 Å². The van der Waals surface area contributed by atoms with Gasteiger partial charge < -0.3 is 11.1 Å². The summed E-state index contributed by atoms with van der Waals surface area (Å²) >= 11 is 0. The monoisotopic (exact) mass is 353 g/mol.